The lowest BCUT2D eigenvalue weighted by atomic mass is 9.82. The maximum atomic E-state index is 12.4. The molecule has 1 aromatic rings. The number of likely N-dealkylation sites (tertiary alicyclic amines) is 1. The van der Waals surface area contributed by atoms with Gasteiger partial charge in [0.05, 0.1) is 5.51 Å². The number of carbonyl (C=O) groups is 2. The van der Waals surface area contributed by atoms with Gasteiger partial charge in [-0.25, -0.2) is 4.98 Å². The topological polar surface area (TPSA) is 50.3 Å². The molecule has 5 heteroatoms. The van der Waals surface area contributed by atoms with Crippen molar-refractivity contribution in [2.24, 2.45) is 5.92 Å². The van der Waals surface area contributed by atoms with Crippen molar-refractivity contribution in [1.82, 2.24) is 9.88 Å². The van der Waals surface area contributed by atoms with Gasteiger partial charge in [-0.3, -0.25) is 9.59 Å². The summed E-state index contributed by atoms with van der Waals surface area (Å²) in [5.41, 5.74) is 2.21. The molecule has 2 unspecified atom stereocenters. The van der Waals surface area contributed by atoms with Gasteiger partial charge >= 0.3 is 0 Å². The van der Waals surface area contributed by atoms with Crippen LogP contribution in [0.25, 0.3) is 0 Å². The van der Waals surface area contributed by atoms with E-state index in [4.69, 9.17) is 0 Å². The fraction of sp³-hybridized carbons (Fsp3) is 0.643. The van der Waals surface area contributed by atoms with Gasteiger partial charge in [0.1, 0.15) is 11.5 Å². The standard InChI is InChI=1S/C14H18N2O2S/c17-13-6-2-1-4-10(13)12-5-3-7-16(12)14(18)11-8-19-9-15-11/h8-10,12H,1-7H2. The molecule has 2 heterocycles. The number of aromatic nitrogens is 1. The average molecular weight is 278 g/mol. The molecule has 0 N–H and O–H groups in total. The second-order valence-corrected chi connectivity index (χ2v) is 6.12. The normalized spacial score (nSPS) is 27.8. The summed E-state index contributed by atoms with van der Waals surface area (Å²) < 4.78 is 0. The molecule has 1 saturated carbocycles. The van der Waals surface area contributed by atoms with Gasteiger partial charge in [-0.2, -0.15) is 0 Å². The van der Waals surface area contributed by atoms with Crippen LogP contribution in [0.1, 0.15) is 49.0 Å². The molecule has 2 fully saturated rings. The lowest BCUT2D eigenvalue weighted by Gasteiger charge is -2.32. The molecule has 2 atom stereocenters. The van der Waals surface area contributed by atoms with Crippen LogP contribution in [0.4, 0.5) is 0 Å². The molecule has 0 aromatic carbocycles. The Bertz CT molecular complexity index is 472. The molecule has 19 heavy (non-hydrogen) atoms. The number of nitrogens with zero attached hydrogens (tertiary/aromatic N) is 2. The summed E-state index contributed by atoms with van der Waals surface area (Å²) in [4.78, 5) is 30.5. The zero-order chi connectivity index (χ0) is 13.2. The molecule has 1 aromatic heterocycles. The summed E-state index contributed by atoms with van der Waals surface area (Å²) in [5, 5.41) is 1.79. The van der Waals surface area contributed by atoms with Crippen LogP contribution in [-0.2, 0) is 4.79 Å². The van der Waals surface area contributed by atoms with Gasteiger partial charge in [0.15, 0.2) is 0 Å². The lowest BCUT2D eigenvalue weighted by Crippen LogP contribution is -2.43. The fourth-order valence-electron chi connectivity index (χ4n) is 3.35. The summed E-state index contributed by atoms with van der Waals surface area (Å²) in [6.45, 7) is 0.769. The van der Waals surface area contributed by atoms with Crippen LogP contribution >= 0.6 is 11.3 Å². The monoisotopic (exact) mass is 278 g/mol. The third kappa shape index (κ3) is 2.43. The van der Waals surface area contributed by atoms with E-state index in [0.717, 1.165) is 38.6 Å². The molecule has 0 radical (unpaired) electrons. The summed E-state index contributed by atoms with van der Waals surface area (Å²) in [7, 11) is 0. The van der Waals surface area contributed by atoms with Gasteiger partial charge in [-0.1, -0.05) is 6.42 Å². The van der Waals surface area contributed by atoms with Crippen molar-refractivity contribution in [2.75, 3.05) is 6.54 Å². The van der Waals surface area contributed by atoms with E-state index in [0.29, 0.717) is 17.9 Å². The Morgan fingerprint density at radius 1 is 1.32 bits per heavy atom. The highest BCUT2D eigenvalue weighted by atomic mass is 32.1. The number of ketones is 1. The molecule has 3 rings (SSSR count). The molecular formula is C14H18N2O2S. The zero-order valence-corrected chi connectivity index (χ0v) is 11.7. The van der Waals surface area contributed by atoms with Crippen molar-refractivity contribution in [3.8, 4) is 0 Å². The maximum Gasteiger partial charge on any atom is 0.273 e. The van der Waals surface area contributed by atoms with Crippen LogP contribution in [0.2, 0.25) is 0 Å². The minimum Gasteiger partial charge on any atom is -0.334 e. The van der Waals surface area contributed by atoms with Crippen molar-refractivity contribution in [3.63, 3.8) is 0 Å². The second-order valence-electron chi connectivity index (χ2n) is 5.40. The molecule has 1 aliphatic carbocycles. The Hall–Kier alpha value is -1.23. The summed E-state index contributed by atoms with van der Waals surface area (Å²) in [5.74, 6) is 0.426. The molecule has 4 nitrogen and oxygen atoms in total. The van der Waals surface area contributed by atoms with Gasteiger partial charge in [-0.15, -0.1) is 11.3 Å². The van der Waals surface area contributed by atoms with Crippen LogP contribution in [0.3, 0.4) is 0 Å². The minimum atomic E-state index is 0.00197. The van der Waals surface area contributed by atoms with E-state index in [1.807, 2.05) is 4.90 Å². The highest BCUT2D eigenvalue weighted by Gasteiger charge is 2.39. The van der Waals surface area contributed by atoms with E-state index < -0.39 is 0 Å². The SMILES string of the molecule is O=C1CCCCC1C1CCCN1C(=O)c1cscn1. The van der Waals surface area contributed by atoms with E-state index in [-0.39, 0.29) is 17.9 Å². The fourth-order valence-corrected chi connectivity index (χ4v) is 3.87. The minimum absolute atomic E-state index is 0.00197. The number of Topliss-reactive ketones (excluding diaryl/α,β-unsaturated/α-hetero) is 1. The Kier molecular flexibility index (Phi) is 3.64. The zero-order valence-electron chi connectivity index (χ0n) is 10.9. The van der Waals surface area contributed by atoms with E-state index in [1.165, 1.54) is 11.3 Å². The van der Waals surface area contributed by atoms with Crippen molar-refractivity contribution in [3.05, 3.63) is 16.6 Å². The van der Waals surface area contributed by atoms with Crippen LogP contribution in [-0.4, -0.2) is 34.2 Å². The molecule has 1 aliphatic heterocycles. The van der Waals surface area contributed by atoms with Crippen LogP contribution in [0, 0.1) is 5.92 Å². The first kappa shape index (κ1) is 12.8. The van der Waals surface area contributed by atoms with Gasteiger partial charge in [0, 0.05) is 30.3 Å². The summed E-state index contributed by atoms with van der Waals surface area (Å²) in [6.07, 6.45) is 5.74. The molecular weight excluding hydrogens is 260 g/mol. The lowest BCUT2D eigenvalue weighted by molar-refractivity contribution is -0.126. The smallest absolute Gasteiger partial charge is 0.273 e. The number of amides is 1. The Morgan fingerprint density at radius 3 is 2.95 bits per heavy atom. The first-order chi connectivity index (χ1) is 9.27. The quantitative estimate of drug-likeness (QED) is 0.835. The maximum absolute atomic E-state index is 12.4. The van der Waals surface area contributed by atoms with Crippen LogP contribution < -0.4 is 0 Å². The van der Waals surface area contributed by atoms with Gasteiger partial charge in [0.2, 0.25) is 0 Å². The van der Waals surface area contributed by atoms with Gasteiger partial charge in [-0.05, 0) is 25.7 Å². The summed E-state index contributed by atoms with van der Waals surface area (Å²) in [6, 6.07) is 0.113. The van der Waals surface area contributed by atoms with E-state index in [2.05, 4.69) is 4.98 Å². The number of hydrogen-bond donors (Lipinski definition) is 0. The first-order valence-electron chi connectivity index (χ1n) is 6.99. The largest absolute Gasteiger partial charge is 0.334 e. The number of hydrogen-bond acceptors (Lipinski definition) is 4. The highest BCUT2D eigenvalue weighted by Crippen LogP contribution is 2.33. The predicted molar refractivity (Wildman–Crippen MR) is 73.1 cm³/mol. The Labute approximate surface area is 116 Å². The Morgan fingerprint density at radius 2 is 2.21 bits per heavy atom. The number of rotatable bonds is 2. The first-order valence-corrected chi connectivity index (χ1v) is 7.93. The molecule has 1 saturated heterocycles. The predicted octanol–water partition coefficient (Wildman–Crippen LogP) is 2.51. The molecule has 0 bridgehead atoms. The molecule has 102 valence electrons. The highest BCUT2D eigenvalue weighted by molar-refractivity contribution is 7.07. The van der Waals surface area contributed by atoms with Gasteiger partial charge < -0.3 is 4.90 Å². The second kappa shape index (κ2) is 5.41. The molecule has 0 spiro atoms. The van der Waals surface area contributed by atoms with Crippen LogP contribution in [0.5, 0.6) is 0 Å². The average Bonchev–Trinajstić information content (AvgIpc) is 3.10. The third-order valence-electron chi connectivity index (χ3n) is 4.28. The van der Waals surface area contributed by atoms with E-state index in [9.17, 15) is 9.59 Å². The molecule has 2 aliphatic rings. The number of thiazole rings is 1. The molecule has 1 amide bonds. The van der Waals surface area contributed by atoms with Crippen molar-refractivity contribution < 1.29 is 9.59 Å². The van der Waals surface area contributed by atoms with Crippen molar-refractivity contribution >= 4 is 23.0 Å². The van der Waals surface area contributed by atoms with Crippen molar-refractivity contribution in [1.29, 1.82) is 0 Å². The number of carbonyl (C=O) groups excluding carboxylic acids is 2. The van der Waals surface area contributed by atoms with Crippen molar-refractivity contribution in [2.45, 2.75) is 44.6 Å². The van der Waals surface area contributed by atoms with E-state index >= 15 is 0 Å². The van der Waals surface area contributed by atoms with Crippen LogP contribution in [0.15, 0.2) is 10.9 Å². The van der Waals surface area contributed by atoms with Gasteiger partial charge in [0.25, 0.3) is 5.91 Å². The van der Waals surface area contributed by atoms with E-state index in [1.54, 1.807) is 10.9 Å². The third-order valence-corrected chi connectivity index (χ3v) is 4.86. The Balaban J connectivity index is 1.77. The summed E-state index contributed by atoms with van der Waals surface area (Å²) >= 11 is 1.44.